The quantitative estimate of drug-likeness (QED) is 0.816. The lowest BCUT2D eigenvalue weighted by atomic mass is 9.90. The molecule has 0 aromatic heterocycles. The first-order chi connectivity index (χ1) is 9.76. The van der Waals surface area contributed by atoms with Crippen molar-refractivity contribution in [1.29, 1.82) is 0 Å². The zero-order valence-corrected chi connectivity index (χ0v) is 12.7. The third kappa shape index (κ3) is 3.59. The minimum atomic E-state index is 0.389. The molecule has 108 valence electrons. The highest BCUT2D eigenvalue weighted by Gasteiger charge is 2.18. The van der Waals surface area contributed by atoms with Crippen LogP contribution in [0.15, 0.2) is 42.5 Å². The van der Waals surface area contributed by atoms with Gasteiger partial charge in [-0.1, -0.05) is 50.2 Å². The van der Waals surface area contributed by atoms with Gasteiger partial charge in [0.2, 0.25) is 0 Å². The average molecular weight is 271 g/mol. The van der Waals surface area contributed by atoms with Crippen molar-refractivity contribution in [2.75, 3.05) is 20.3 Å². The second-order valence-corrected chi connectivity index (χ2v) is 5.40. The summed E-state index contributed by atoms with van der Waals surface area (Å²) in [6, 6.07) is 15.7. The van der Waals surface area contributed by atoms with E-state index in [0.29, 0.717) is 12.0 Å². The predicted octanol–water partition coefficient (Wildman–Crippen LogP) is 4.16. The summed E-state index contributed by atoms with van der Waals surface area (Å²) in [5.74, 6) is 0.552. The molecule has 1 N–H and O–H groups in total. The lowest BCUT2D eigenvalue weighted by molar-refractivity contribution is 0.170. The van der Waals surface area contributed by atoms with Gasteiger partial charge in [-0.3, -0.25) is 0 Å². The molecule has 0 aliphatic carbocycles. The molecule has 0 spiro atoms. The number of nitrogens with one attached hydrogen (secondary N) is 1. The van der Waals surface area contributed by atoms with E-state index >= 15 is 0 Å². The van der Waals surface area contributed by atoms with Gasteiger partial charge in [0.25, 0.3) is 0 Å². The van der Waals surface area contributed by atoms with Crippen molar-refractivity contribution in [2.24, 2.45) is 5.92 Å². The summed E-state index contributed by atoms with van der Waals surface area (Å²) in [5, 5.41) is 6.23. The summed E-state index contributed by atoms with van der Waals surface area (Å²) >= 11 is 0. The fraction of sp³-hybridized carbons (Fsp3) is 0.444. The SMILES string of the molecule is CCNC(c1ccc2ccccc2c1)C(C)CCOC. The van der Waals surface area contributed by atoms with Crippen LogP contribution in [-0.4, -0.2) is 20.3 Å². The van der Waals surface area contributed by atoms with Crippen LogP contribution in [0.3, 0.4) is 0 Å². The highest BCUT2D eigenvalue weighted by atomic mass is 16.5. The molecule has 2 aromatic carbocycles. The summed E-state index contributed by atoms with van der Waals surface area (Å²) in [5.41, 5.74) is 1.37. The molecular formula is C18H25NO. The monoisotopic (exact) mass is 271 g/mol. The molecule has 2 aromatic rings. The average Bonchev–Trinajstić information content (AvgIpc) is 2.49. The van der Waals surface area contributed by atoms with Crippen LogP contribution < -0.4 is 5.32 Å². The summed E-state index contributed by atoms with van der Waals surface area (Å²) < 4.78 is 5.22. The van der Waals surface area contributed by atoms with Gasteiger partial charge in [0, 0.05) is 19.8 Å². The molecule has 2 heteroatoms. The van der Waals surface area contributed by atoms with E-state index in [1.165, 1.54) is 16.3 Å². The smallest absolute Gasteiger partial charge is 0.0465 e. The first-order valence-electron chi connectivity index (χ1n) is 7.47. The molecule has 0 aliphatic rings. The standard InChI is InChI=1S/C18H25NO/c1-4-19-18(14(2)11-12-20-3)17-10-9-15-7-5-6-8-16(15)13-17/h5-10,13-14,18-19H,4,11-12H2,1-3H3. The number of benzene rings is 2. The van der Waals surface area contributed by atoms with Crippen LogP contribution in [0.2, 0.25) is 0 Å². The maximum atomic E-state index is 5.22. The van der Waals surface area contributed by atoms with Crippen LogP contribution >= 0.6 is 0 Å². The van der Waals surface area contributed by atoms with E-state index in [-0.39, 0.29) is 0 Å². The summed E-state index contributed by atoms with van der Waals surface area (Å²) in [6.45, 7) is 6.25. The van der Waals surface area contributed by atoms with Crippen molar-refractivity contribution in [1.82, 2.24) is 5.32 Å². The van der Waals surface area contributed by atoms with Crippen LogP contribution in [-0.2, 0) is 4.74 Å². The van der Waals surface area contributed by atoms with Crippen LogP contribution in [0.5, 0.6) is 0 Å². The number of ether oxygens (including phenoxy) is 1. The Morgan fingerprint density at radius 2 is 1.85 bits per heavy atom. The first kappa shape index (κ1) is 15.0. The molecule has 20 heavy (non-hydrogen) atoms. The normalized spacial score (nSPS) is 14.3. The molecule has 2 nitrogen and oxygen atoms in total. The number of methoxy groups -OCH3 is 1. The van der Waals surface area contributed by atoms with Crippen LogP contribution in [0.25, 0.3) is 10.8 Å². The van der Waals surface area contributed by atoms with Crippen molar-refractivity contribution in [3.8, 4) is 0 Å². The van der Waals surface area contributed by atoms with Crippen LogP contribution in [0, 0.1) is 5.92 Å². The first-order valence-corrected chi connectivity index (χ1v) is 7.47. The minimum absolute atomic E-state index is 0.389. The largest absolute Gasteiger partial charge is 0.385 e. The molecule has 0 radical (unpaired) electrons. The Morgan fingerprint density at radius 1 is 1.10 bits per heavy atom. The van der Waals surface area contributed by atoms with Crippen molar-refractivity contribution in [3.05, 3.63) is 48.0 Å². The van der Waals surface area contributed by atoms with Gasteiger partial charge < -0.3 is 10.1 Å². The molecule has 2 rings (SSSR count). The summed E-state index contributed by atoms with van der Waals surface area (Å²) in [7, 11) is 1.77. The third-order valence-corrected chi connectivity index (χ3v) is 3.90. The number of hydrogen-bond donors (Lipinski definition) is 1. The molecule has 0 fully saturated rings. The maximum absolute atomic E-state index is 5.22. The van der Waals surface area contributed by atoms with Crippen molar-refractivity contribution in [2.45, 2.75) is 26.3 Å². The Hall–Kier alpha value is -1.38. The van der Waals surface area contributed by atoms with Crippen molar-refractivity contribution in [3.63, 3.8) is 0 Å². The number of rotatable bonds is 7. The van der Waals surface area contributed by atoms with E-state index in [9.17, 15) is 0 Å². The molecule has 2 unspecified atom stereocenters. The minimum Gasteiger partial charge on any atom is -0.385 e. The second-order valence-electron chi connectivity index (χ2n) is 5.40. The molecule has 0 heterocycles. The molecular weight excluding hydrogens is 246 g/mol. The second kappa shape index (κ2) is 7.41. The van der Waals surface area contributed by atoms with Gasteiger partial charge in [-0.15, -0.1) is 0 Å². The molecule has 0 aliphatic heterocycles. The summed E-state index contributed by atoms with van der Waals surface area (Å²) in [6.07, 6.45) is 1.07. The lowest BCUT2D eigenvalue weighted by Crippen LogP contribution is -2.27. The Labute approximate surface area is 122 Å². The van der Waals surface area contributed by atoms with Gasteiger partial charge in [-0.2, -0.15) is 0 Å². The van der Waals surface area contributed by atoms with E-state index in [1.807, 2.05) is 0 Å². The Balaban J connectivity index is 2.25. The molecule has 0 amide bonds. The van der Waals surface area contributed by atoms with Gasteiger partial charge in [-0.25, -0.2) is 0 Å². The van der Waals surface area contributed by atoms with E-state index in [2.05, 4.69) is 61.6 Å². The highest BCUT2D eigenvalue weighted by Crippen LogP contribution is 2.27. The maximum Gasteiger partial charge on any atom is 0.0465 e. The van der Waals surface area contributed by atoms with Crippen molar-refractivity contribution >= 4 is 10.8 Å². The van der Waals surface area contributed by atoms with E-state index in [0.717, 1.165) is 19.6 Å². The van der Waals surface area contributed by atoms with E-state index < -0.39 is 0 Å². The predicted molar refractivity (Wildman–Crippen MR) is 86.0 cm³/mol. The van der Waals surface area contributed by atoms with Gasteiger partial charge in [0.1, 0.15) is 0 Å². The molecule has 0 saturated heterocycles. The van der Waals surface area contributed by atoms with Crippen LogP contribution in [0.1, 0.15) is 31.9 Å². The molecule has 0 bridgehead atoms. The Bertz CT molecular complexity index is 538. The molecule has 2 atom stereocenters. The van der Waals surface area contributed by atoms with Crippen LogP contribution in [0.4, 0.5) is 0 Å². The highest BCUT2D eigenvalue weighted by molar-refractivity contribution is 5.83. The van der Waals surface area contributed by atoms with E-state index in [1.54, 1.807) is 7.11 Å². The Kier molecular flexibility index (Phi) is 5.57. The zero-order valence-electron chi connectivity index (χ0n) is 12.7. The fourth-order valence-electron chi connectivity index (χ4n) is 2.74. The van der Waals surface area contributed by atoms with Gasteiger partial charge in [0.05, 0.1) is 0 Å². The van der Waals surface area contributed by atoms with Gasteiger partial charge in [0.15, 0.2) is 0 Å². The lowest BCUT2D eigenvalue weighted by Gasteiger charge is -2.25. The summed E-state index contributed by atoms with van der Waals surface area (Å²) in [4.78, 5) is 0. The molecule has 0 saturated carbocycles. The number of hydrogen-bond acceptors (Lipinski definition) is 2. The number of fused-ring (bicyclic) bond motifs is 1. The third-order valence-electron chi connectivity index (χ3n) is 3.90. The van der Waals surface area contributed by atoms with E-state index in [4.69, 9.17) is 4.74 Å². The Morgan fingerprint density at radius 3 is 2.55 bits per heavy atom. The zero-order chi connectivity index (χ0) is 14.4. The topological polar surface area (TPSA) is 21.3 Å². The van der Waals surface area contributed by atoms with Gasteiger partial charge in [-0.05, 0) is 41.3 Å². The van der Waals surface area contributed by atoms with Gasteiger partial charge >= 0.3 is 0 Å². The fourth-order valence-corrected chi connectivity index (χ4v) is 2.74. The van der Waals surface area contributed by atoms with Crippen molar-refractivity contribution < 1.29 is 4.74 Å².